The molecule has 4 bridgehead atoms. The number of hydrogen-bond donors (Lipinski definition) is 1. The summed E-state index contributed by atoms with van der Waals surface area (Å²) in [6.45, 7) is 2.16. The molecule has 108 valence electrons. The summed E-state index contributed by atoms with van der Waals surface area (Å²) in [5.74, 6) is 4.51. The average Bonchev–Trinajstić information content (AvgIpc) is 2.37. The maximum absolute atomic E-state index is 6.32. The maximum atomic E-state index is 6.32. The summed E-state index contributed by atoms with van der Waals surface area (Å²) in [6, 6.07) is 0. The summed E-state index contributed by atoms with van der Waals surface area (Å²) < 4.78 is 0. The molecule has 1 aromatic heterocycles. The Hall–Kier alpha value is -1.12. The molecule has 4 aliphatic carbocycles. The molecule has 0 unspecified atom stereocenters. The molecule has 4 aliphatic rings. The average molecular weight is 271 g/mol. The van der Waals surface area contributed by atoms with Crippen LogP contribution in [0.3, 0.4) is 0 Å². The van der Waals surface area contributed by atoms with Crippen LogP contribution in [0.4, 0.5) is 5.82 Å². The van der Waals surface area contributed by atoms with Crippen LogP contribution in [0, 0.1) is 17.8 Å². The van der Waals surface area contributed by atoms with Crippen LogP contribution in [0.5, 0.6) is 0 Å². The Bertz CT molecular complexity index is 488. The second-order valence-corrected chi connectivity index (χ2v) is 7.53. The smallest absolute Gasteiger partial charge is 0.130 e. The van der Waals surface area contributed by atoms with Gasteiger partial charge in [-0.15, -0.1) is 0 Å². The molecular weight excluding hydrogens is 246 g/mol. The first-order valence-corrected chi connectivity index (χ1v) is 8.30. The Kier molecular flexibility index (Phi) is 2.80. The van der Waals surface area contributed by atoms with Gasteiger partial charge in [-0.2, -0.15) is 0 Å². The highest BCUT2D eigenvalue weighted by Gasteiger charge is 2.52. The summed E-state index contributed by atoms with van der Waals surface area (Å²) in [5, 5.41) is 0. The molecule has 4 fully saturated rings. The fraction of sp³-hybridized carbons (Fsp3) is 0.765. The van der Waals surface area contributed by atoms with Crippen molar-refractivity contribution in [3.63, 3.8) is 0 Å². The van der Waals surface area contributed by atoms with Gasteiger partial charge in [-0.25, -0.2) is 9.97 Å². The molecule has 0 aromatic carbocycles. The van der Waals surface area contributed by atoms with Crippen LogP contribution in [-0.4, -0.2) is 9.97 Å². The molecule has 4 saturated carbocycles. The first kappa shape index (κ1) is 12.6. The van der Waals surface area contributed by atoms with Crippen LogP contribution in [0.15, 0.2) is 6.20 Å². The highest BCUT2D eigenvalue weighted by molar-refractivity contribution is 5.45. The zero-order chi connectivity index (χ0) is 13.7. The van der Waals surface area contributed by atoms with Crippen LogP contribution in [0.25, 0.3) is 0 Å². The molecule has 1 heterocycles. The van der Waals surface area contributed by atoms with Crippen molar-refractivity contribution in [1.82, 2.24) is 9.97 Å². The lowest BCUT2D eigenvalue weighted by Gasteiger charge is -2.57. The molecule has 3 heteroatoms. The Morgan fingerprint density at radius 2 is 1.75 bits per heavy atom. The van der Waals surface area contributed by atoms with E-state index in [1.807, 2.05) is 0 Å². The summed E-state index contributed by atoms with van der Waals surface area (Å²) in [6.07, 6.45) is 12.5. The molecule has 0 amide bonds. The molecule has 20 heavy (non-hydrogen) atoms. The van der Waals surface area contributed by atoms with Gasteiger partial charge in [0.1, 0.15) is 11.6 Å². The Morgan fingerprint density at radius 3 is 2.25 bits per heavy atom. The van der Waals surface area contributed by atoms with Gasteiger partial charge < -0.3 is 5.73 Å². The number of nitrogens with zero attached hydrogens (tertiary/aromatic N) is 2. The van der Waals surface area contributed by atoms with Crippen molar-refractivity contribution in [1.29, 1.82) is 0 Å². The van der Waals surface area contributed by atoms with E-state index < -0.39 is 0 Å². The number of aromatic nitrogens is 2. The minimum atomic E-state index is 0.323. The fourth-order valence-corrected chi connectivity index (χ4v) is 5.63. The van der Waals surface area contributed by atoms with E-state index >= 15 is 0 Å². The number of aryl methyl sites for hydroxylation is 1. The van der Waals surface area contributed by atoms with Crippen molar-refractivity contribution in [3.05, 3.63) is 17.6 Å². The molecule has 0 spiro atoms. The minimum absolute atomic E-state index is 0.323. The second-order valence-electron chi connectivity index (χ2n) is 7.53. The first-order chi connectivity index (χ1) is 9.68. The molecule has 0 atom stereocenters. The summed E-state index contributed by atoms with van der Waals surface area (Å²) >= 11 is 0. The number of nitrogens with two attached hydrogens (primary N) is 1. The quantitative estimate of drug-likeness (QED) is 0.915. The summed E-state index contributed by atoms with van der Waals surface area (Å²) in [4.78, 5) is 9.18. The molecule has 0 saturated heterocycles. The highest BCUT2D eigenvalue weighted by atomic mass is 14.9. The van der Waals surface area contributed by atoms with Gasteiger partial charge in [0.2, 0.25) is 0 Å². The number of hydrogen-bond acceptors (Lipinski definition) is 3. The largest absolute Gasteiger partial charge is 0.383 e. The van der Waals surface area contributed by atoms with Crippen LogP contribution >= 0.6 is 0 Å². The van der Waals surface area contributed by atoms with E-state index in [4.69, 9.17) is 5.73 Å². The van der Waals surface area contributed by atoms with Crippen LogP contribution in [0.1, 0.15) is 63.3 Å². The van der Waals surface area contributed by atoms with Crippen molar-refractivity contribution >= 4 is 5.82 Å². The van der Waals surface area contributed by atoms with Crippen molar-refractivity contribution < 1.29 is 0 Å². The van der Waals surface area contributed by atoms with Gasteiger partial charge in [-0.3, -0.25) is 0 Å². The van der Waals surface area contributed by atoms with Gasteiger partial charge in [0.25, 0.3) is 0 Å². The normalized spacial score (nSPS) is 38.4. The van der Waals surface area contributed by atoms with E-state index in [0.29, 0.717) is 5.41 Å². The molecule has 0 radical (unpaired) electrons. The predicted octanol–water partition coefficient (Wildman–Crippen LogP) is 3.48. The van der Waals surface area contributed by atoms with Gasteiger partial charge in [0, 0.05) is 23.6 Å². The van der Waals surface area contributed by atoms with Crippen molar-refractivity contribution in [3.8, 4) is 0 Å². The minimum Gasteiger partial charge on any atom is -0.383 e. The first-order valence-electron chi connectivity index (χ1n) is 8.30. The highest BCUT2D eigenvalue weighted by Crippen LogP contribution is 2.61. The van der Waals surface area contributed by atoms with E-state index in [0.717, 1.165) is 42.2 Å². The topological polar surface area (TPSA) is 51.8 Å². The molecule has 3 nitrogen and oxygen atoms in total. The maximum Gasteiger partial charge on any atom is 0.130 e. The van der Waals surface area contributed by atoms with E-state index in [-0.39, 0.29) is 0 Å². The standard InChI is InChI=1S/C17H25N3/c1-2-3-15-19-10-14(16(18)20-15)17-7-11-4-12(8-17)6-13(5-11)9-17/h10-13H,2-9H2,1H3,(H2,18,19,20). The monoisotopic (exact) mass is 271 g/mol. The van der Waals surface area contributed by atoms with Gasteiger partial charge in [0.05, 0.1) is 0 Å². The molecule has 0 aliphatic heterocycles. The van der Waals surface area contributed by atoms with E-state index in [1.54, 1.807) is 0 Å². The van der Waals surface area contributed by atoms with Gasteiger partial charge >= 0.3 is 0 Å². The lowest BCUT2D eigenvalue weighted by Crippen LogP contribution is -2.49. The Labute approximate surface area is 121 Å². The number of rotatable bonds is 3. The number of anilines is 1. The van der Waals surface area contributed by atoms with Crippen LogP contribution in [-0.2, 0) is 11.8 Å². The molecule has 1 aromatic rings. The zero-order valence-corrected chi connectivity index (χ0v) is 12.4. The van der Waals surface area contributed by atoms with Crippen LogP contribution < -0.4 is 5.73 Å². The van der Waals surface area contributed by atoms with Crippen LogP contribution in [0.2, 0.25) is 0 Å². The lowest BCUT2D eigenvalue weighted by molar-refractivity contribution is -0.00512. The Morgan fingerprint density at radius 1 is 1.15 bits per heavy atom. The van der Waals surface area contributed by atoms with E-state index in [9.17, 15) is 0 Å². The van der Waals surface area contributed by atoms with Gasteiger partial charge in [-0.1, -0.05) is 6.92 Å². The van der Waals surface area contributed by atoms with Gasteiger partial charge in [-0.05, 0) is 62.7 Å². The van der Waals surface area contributed by atoms with E-state index in [2.05, 4.69) is 23.1 Å². The SMILES string of the molecule is CCCc1ncc(C23CC4CC(CC(C4)C2)C3)c(N)n1. The predicted molar refractivity (Wildman–Crippen MR) is 80.3 cm³/mol. The molecule has 2 N–H and O–H groups in total. The molecular formula is C17H25N3. The Balaban J connectivity index is 1.70. The lowest BCUT2D eigenvalue weighted by atomic mass is 9.48. The second kappa shape index (κ2) is 4.44. The third kappa shape index (κ3) is 1.86. The van der Waals surface area contributed by atoms with Crippen molar-refractivity contribution in [2.24, 2.45) is 17.8 Å². The third-order valence-corrected chi connectivity index (χ3v) is 5.95. The van der Waals surface area contributed by atoms with Gasteiger partial charge in [0.15, 0.2) is 0 Å². The van der Waals surface area contributed by atoms with Crippen molar-refractivity contribution in [2.45, 2.75) is 63.7 Å². The molecule has 5 rings (SSSR count). The third-order valence-electron chi connectivity index (χ3n) is 5.95. The summed E-state index contributed by atoms with van der Waals surface area (Å²) in [5.41, 5.74) is 7.92. The zero-order valence-electron chi connectivity index (χ0n) is 12.4. The fourth-order valence-electron chi connectivity index (χ4n) is 5.63. The summed E-state index contributed by atoms with van der Waals surface area (Å²) in [7, 11) is 0. The van der Waals surface area contributed by atoms with Crippen molar-refractivity contribution in [2.75, 3.05) is 5.73 Å². The van der Waals surface area contributed by atoms with E-state index in [1.165, 1.54) is 44.1 Å². The number of nitrogen functional groups attached to an aromatic ring is 1.